The lowest BCUT2D eigenvalue weighted by atomic mass is 9.98. The van der Waals surface area contributed by atoms with Crippen LogP contribution >= 0.6 is 27.5 Å². The number of hydrogen-bond acceptors (Lipinski definition) is 3. The number of nitrogens with zero attached hydrogens (tertiary/aromatic N) is 1. The minimum absolute atomic E-state index is 0.0795. The smallest absolute Gasteiger partial charge is 0.177 e. The third-order valence-corrected chi connectivity index (χ3v) is 5.44. The number of nitrogens with two attached hydrogens (primary N) is 1. The van der Waals surface area contributed by atoms with Crippen molar-refractivity contribution in [3.63, 3.8) is 0 Å². The monoisotopic (exact) mass is 460 g/mol. The fourth-order valence-electron chi connectivity index (χ4n) is 2.92. The molecule has 1 atom stereocenters. The van der Waals surface area contributed by atoms with E-state index in [4.69, 9.17) is 22.3 Å². The van der Waals surface area contributed by atoms with Crippen LogP contribution in [-0.2, 0) is 0 Å². The third kappa shape index (κ3) is 5.63. The lowest BCUT2D eigenvalue weighted by Gasteiger charge is -2.13. The second-order valence-electron chi connectivity index (χ2n) is 6.20. The molecule has 3 aromatic rings. The van der Waals surface area contributed by atoms with E-state index in [0.717, 1.165) is 41.4 Å². The van der Waals surface area contributed by atoms with Crippen LogP contribution < -0.4 is 5.73 Å². The molecule has 1 unspecified atom stereocenters. The molecule has 0 saturated carbocycles. The molecule has 0 spiro atoms. The van der Waals surface area contributed by atoms with Gasteiger partial charge in [-0.05, 0) is 43.7 Å². The Morgan fingerprint density at radius 3 is 2.46 bits per heavy atom. The van der Waals surface area contributed by atoms with E-state index in [-0.39, 0.29) is 10.6 Å². The van der Waals surface area contributed by atoms with Crippen molar-refractivity contribution < 1.29 is 4.79 Å². The average molecular weight is 462 g/mol. The highest BCUT2D eigenvalue weighted by Crippen LogP contribution is 2.28. The second kappa shape index (κ2) is 11.3. The number of Topliss-reactive ketones (excluding diaryl/α,β-unsaturated/α-hetero) is 1. The third-order valence-electron chi connectivity index (χ3n) is 4.32. The summed E-state index contributed by atoms with van der Waals surface area (Å²) < 4.78 is 0. The maximum atomic E-state index is 13.1. The Labute approximate surface area is 180 Å². The SMILES string of the molecule is CC.NCCCCC(Br)C(=O)c1cc(-c2ccc(Cl)cc2)nc2ccccc12. The van der Waals surface area contributed by atoms with Crippen LogP contribution in [0.15, 0.2) is 54.6 Å². The maximum Gasteiger partial charge on any atom is 0.177 e. The Hall–Kier alpha value is -1.75. The number of alkyl halides is 1. The molecule has 0 aliphatic carbocycles. The van der Waals surface area contributed by atoms with E-state index in [0.29, 0.717) is 17.1 Å². The van der Waals surface area contributed by atoms with Crippen molar-refractivity contribution in [2.24, 2.45) is 5.73 Å². The zero-order valence-electron chi connectivity index (χ0n) is 16.3. The van der Waals surface area contributed by atoms with Gasteiger partial charge >= 0.3 is 0 Å². The van der Waals surface area contributed by atoms with Gasteiger partial charge in [0.1, 0.15) is 0 Å². The van der Waals surface area contributed by atoms with Crippen LogP contribution in [-0.4, -0.2) is 22.1 Å². The predicted octanol–water partition coefficient (Wildman–Crippen LogP) is 6.66. The molecule has 5 heteroatoms. The first-order valence-electron chi connectivity index (χ1n) is 9.64. The van der Waals surface area contributed by atoms with Crippen LogP contribution in [0.3, 0.4) is 0 Å². The first-order chi connectivity index (χ1) is 13.6. The summed E-state index contributed by atoms with van der Waals surface area (Å²) in [7, 11) is 0. The molecule has 2 aromatic carbocycles. The quantitative estimate of drug-likeness (QED) is 0.243. The van der Waals surface area contributed by atoms with Gasteiger partial charge in [0.15, 0.2) is 5.78 Å². The number of aromatic nitrogens is 1. The summed E-state index contributed by atoms with van der Waals surface area (Å²) in [5.41, 5.74) is 8.76. The molecule has 0 fully saturated rings. The molecule has 3 rings (SSSR count). The van der Waals surface area contributed by atoms with E-state index in [1.54, 1.807) is 0 Å². The van der Waals surface area contributed by atoms with E-state index in [2.05, 4.69) is 15.9 Å². The van der Waals surface area contributed by atoms with E-state index in [1.165, 1.54) is 0 Å². The normalized spacial score (nSPS) is 11.6. The molecule has 0 amide bonds. The lowest BCUT2D eigenvalue weighted by Crippen LogP contribution is -2.15. The van der Waals surface area contributed by atoms with Gasteiger partial charge in [0.25, 0.3) is 0 Å². The molecule has 28 heavy (non-hydrogen) atoms. The number of pyridine rings is 1. The van der Waals surface area contributed by atoms with Gasteiger partial charge in [0.05, 0.1) is 16.0 Å². The minimum atomic E-state index is -0.224. The van der Waals surface area contributed by atoms with Gasteiger partial charge in [-0.3, -0.25) is 4.79 Å². The van der Waals surface area contributed by atoms with Gasteiger partial charge in [-0.15, -0.1) is 0 Å². The Kier molecular flexibility index (Phi) is 9.10. The van der Waals surface area contributed by atoms with E-state index in [9.17, 15) is 4.79 Å². The van der Waals surface area contributed by atoms with Gasteiger partial charge in [-0.1, -0.05) is 78.1 Å². The first kappa shape index (κ1) is 22.5. The Balaban J connectivity index is 0.00000136. The number of unbranched alkanes of at least 4 members (excludes halogenated alkanes) is 1. The predicted molar refractivity (Wildman–Crippen MR) is 123 cm³/mol. The van der Waals surface area contributed by atoms with Crippen molar-refractivity contribution >= 4 is 44.2 Å². The average Bonchev–Trinajstić information content (AvgIpc) is 2.74. The number of para-hydroxylation sites is 1. The Morgan fingerprint density at radius 1 is 1.11 bits per heavy atom. The van der Waals surface area contributed by atoms with Crippen molar-refractivity contribution in [2.75, 3.05) is 6.54 Å². The van der Waals surface area contributed by atoms with Crippen molar-refractivity contribution in [1.29, 1.82) is 0 Å². The van der Waals surface area contributed by atoms with Gasteiger partial charge in [-0.2, -0.15) is 0 Å². The van der Waals surface area contributed by atoms with Crippen LogP contribution in [0.1, 0.15) is 43.5 Å². The highest BCUT2D eigenvalue weighted by atomic mass is 79.9. The van der Waals surface area contributed by atoms with Crippen molar-refractivity contribution in [3.8, 4) is 11.3 Å². The number of halogens is 2. The van der Waals surface area contributed by atoms with Gasteiger partial charge in [0, 0.05) is 21.5 Å². The Morgan fingerprint density at radius 2 is 1.79 bits per heavy atom. The summed E-state index contributed by atoms with van der Waals surface area (Å²) >= 11 is 9.55. The Bertz CT molecular complexity index is 912. The van der Waals surface area contributed by atoms with Crippen LogP contribution in [0.25, 0.3) is 22.2 Å². The molecule has 1 heterocycles. The standard InChI is InChI=1S/C21H20BrClN2O.C2H6/c22-18(6-3-4-12-24)21(26)17-13-20(14-8-10-15(23)11-9-14)25-19-7-2-1-5-16(17)19;1-2/h1-2,5,7-11,13,18H,3-4,6,12,24H2;1-2H3. The fraction of sp³-hybridized carbons (Fsp3) is 0.304. The summed E-state index contributed by atoms with van der Waals surface area (Å²) in [5, 5.41) is 1.55. The number of benzene rings is 2. The zero-order valence-corrected chi connectivity index (χ0v) is 18.6. The highest BCUT2D eigenvalue weighted by molar-refractivity contribution is 9.10. The lowest BCUT2D eigenvalue weighted by molar-refractivity contribution is 0.0989. The van der Waals surface area contributed by atoms with Gasteiger partial charge in [0.2, 0.25) is 0 Å². The van der Waals surface area contributed by atoms with Crippen LogP contribution in [0, 0.1) is 0 Å². The highest BCUT2D eigenvalue weighted by Gasteiger charge is 2.20. The number of rotatable bonds is 7. The van der Waals surface area contributed by atoms with E-state index < -0.39 is 0 Å². The molecule has 0 bridgehead atoms. The van der Waals surface area contributed by atoms with Gasteiger partial charge < -0.3 is 5.73 Å². The molecule has 0 saturated heterocycles. The molecular formula is C23H26BrClN2O. The van der Waals surface area contributed by atoms with Crippen LogP contribution in [0.5, 0.6) is 0 Å². The molecule has 0 radical (unpaired) electrons. The van der Waals surface area contributed by atoms with Crippen molar-refractivity contribution in [1.82, 2.24) is 4.98 Å². The minimum Gasteiger partial charge on any atom is -0.330 e. The number of hydrogen-bond donors (Lipinski definition) is 1. The summed E-state index contributed by atoms with van der Waals surface area (Å²) in [6, 6.07) is 17.1. The van der Waals surface area contributed by atoms with Gasteiger partial charge in [-0.25, -0.2) is 4.98 Å². The molecule has 2 N–H and O–H groups in total. The summed E-state index contributed by atoms with van der Waals surface area (Å²) in [6.07, 6.45) is 2.61. The van der Waals surface area contributed by atoms with Crippen molar-refractivity contribution in [2.45, 2.75) is 37.9 Å². The largest absolute Gasteiger partial charge is 0.330 e. The fourth-order valence-corrected chi connectivity index (χ4v) is 3.61. The van der Waals surface area contributed by atoms with E-state index in [1.807, 2.05) is 68.4 Å². The molecule has 148 valence electrons. The number of ketones is 1. The number of carbonyl (C=O) groups excluding carboxylic acids is 1. The molecular weight excluding hydrogens is 436 g/mol. The zero-order chi connectivity index (χ0) is 20.5. The summed E-state index contributed by atoms with van der Waals surface area (Å²) in [6.45, 7) is 4.65. The topological polar surface area (TPSA) is 56.0 Å². The molecule has 0 aliphatic rings. The number of fused-ring (bicyclic) bond motifs is 1. The molecule has 3 nitrogen and oxygen atoms in total. The van der Waals surface area contributed by atoms with E-state index >= 15 is 0 Å². The summed E-state index contributed by atoms with van der Waals surface area (Å²) in [4.78, 5) is 17.6. The molecule has 1 aromatic heterocycles. The second-order valence-corrected chi connectivity index (χ2v) is 7.74. The summed E-state index contributed by atoms with van der Waals surface area (Å²) in [5.74, 6) is 0.0795. The molecule has 0 aliphatic heterocycles. The maximum absolute atomic E-state index is 13.1. The first-order valence-corrected chi connectivity index (χ1v) is 10.9. The van der Waals surface area contributed by atoms with Crippen LogP contribution in [0.4, 0.5) is 0 Å². The van der Waals surface area contributed by atoms with Crippen molar-refractivity contribution in [3.05, 3.63) is 65.2 Å². The number of carbonyl (C=O) groups is 1. The van der Waals surface area contributed by atoms with Crippen LogP contribution in [0.2, 0.25) is 5.02 Å².